The third kappa shape index (κ3) is 5.14. The molecule has 2 rings (SSSR count). The molecule has 130 valence electrons. The van der Waals surface area contributed by atoms with Crippen molar-refractivity contribution < 1.29 is 19.6 Å². The normalized spacial score (nSPS) is 10.6. The van der Waals surface area contributed by atoms with Gasteiger partial charge in [-0.15, -0.1) is 0 Å². The van der Waals surface area contributed by atoms with Gasteiger partial charge in [-0.2, -0.15) is 5.10 Å². The number of nitrogens with zero attached hydrogens (tertiary/aromatic N) is 2. The van der Waals surface area contributed by atoms with Crippen molar-refractivity contribution in [1.29, 1.82) is 0 Å². The van der Waals surface area contributed by atoms with E-state index < -0.39 is 4.92 Å². The number of nitro groups is 1. The number of nitro benzene ring substituents is 1. The van der Waals surface area contributed by atoms with Crippen LogP contribution in [0.15, 0.2) is 41.5 Å². The first-order valence-electron chi connectivity index (χ1n) is 7.02. The van der Waals surface area contributed by atoms with E-state index in [9.17, 15) is 20.0 Å². The van der Waals surface area contributed by atoms with Gasteiger partial charge in [0.15, 0.2) is 11.5 Å². The zero-order chi connectivity index (χ0) is 18.4. The number of carbonyl (C=O) groups excluding carboxylic acids is 1. The molecule has 0 unspecified atom stereocenters. The topological polar surface area (TPSA) is 114 Å². The number of benzene rings is 2. The number of ether oxygens (including phenoxy) is 1. The number of non-ortho nitro benzene ring substituents is 1. The lowest BCUT2D eigenvalue weighted by Crippen LogP contribution is -2.19. The number of hydrogen-bond donors (Lipinski definition) is 2. The van der Waals surface area contributed by atoms with Gasteiger partial charge >= 0.3 is 0 Å². The minimum absolute atomic E-state index is 0.0296. The number of aromatic hydroxyl groups is 1. The van der Waals surface area contributed by atoms with Gasteiger partial charge in [-0.1, -0.05) is 12.1 Å². The van der Waals surface area contributed by atoms with Gasteiger partial charge < -0.3 is 9.84 Å². The highest BCUT2D eigenvalue weighted by Gasteiger charge is 2.08. The lowest BCUT2D eigenvalue weighted by molar-refractivity contribution is -0.384. The highest BCUT2D eigenvalue weighted by molar-refractivity contribution is 14.1. The third-order valence-electron chi connectivity index (χ3n) is 3.19. The van der Waals surface area contributed by atoms with Crippen LogP contribution in [-0.4, -0.2) is 29.3 Å². The molecule has 25 heavy (non-hydrogen) atoms. The Labute approximate surface area is 156 Å². The van der Waals surface area contributed by atoms with Gasteiger partial charge in [0.1, 0.15) is 0 Å². The molecule has 0 aliphatic heterocycles. The Bertz CT molecular complexity index is 821. The molecule has 0 atom stereocenters. The van der Waals surface area contributed by atoms with Gasteiger partial charge in [-0.25, -0.2) is 5.43 Å². The molecular formula is C16H14IN3O5. The fourth-order valence-corrected chi connectivity index (χ4v) is 2.59. The lowest BCUT2D eigenvalue weighted by atomic mass is 10.1. The molecule has 0 aliphatic carbocycles. The van der Waals surface area contributed by atoms with Gasteiger partial charge in [0, 0.05) is 12.1 Å². The molecule has 1 amide bonds. The first kappa shape index (κ1) is 18.6. The number of nitrogens with one attached hydrogen (secondary N) is 1. The molecule has 0 heterocycles. The summed E-state index contributed by atoms with van der Waals surface area (Å²) in [6.45, 7) is 0. The Kier molecular flexibility index (Phi) is 6.28. The van der Waals surface area contributed by atoms with Crippen molar-refractivity contribution in [3.05, 3.63) is 61.2 Å². The smallest absolute Gasteiger partial charge is 0.269 e. The first-order valence-corrected chi connectivity index (χ1v) is 8.10. The van der Waals surface area contributed by atoms with Crippen LogP contribution in [0.25, 0.3) is 0 Å². The number of amides is 1. The monoisotopic (exact) mass is 455 g/mol. The molecule has 0 saturated heterocycles. The highest BCUT2D eigenvalue weighted by atomic mass is 127. The third-order valence-corrected chi connectivity index (χ3v) is 4.01. The average molecular weight is 455 g/mol. The predicted octanol–water partition coefficient (Wildman–Crippen LogP) is 2.61. The minimum atomic E-state index is -0.499. The van der Waals surface area contributed by atoms with E-state index in [0.29, 0.717) is 20.4 Å². The van der Waals surface area contributed by atoms with E-state index in [1.807, 2.05) is 22.6 Å². The van der Waals surface area contributed by atoms with Gasteiger partial charge in [-0.05, 0) is 45.9 Å². The fraction of sp³-hybridized carbons (Fsp3) is 0.125. The first-order chi connectivity index (χ1) is 11.9. The van der Waals surface area contributed by atoms with Crippen molar-refractivity contribution in [3.63, 3.8) is 0 Å². The average Bonchev–Trinajstić information content (AvgIpc) is 2.58. The van der Waals surface area contributed by atoms with E-state index in [1.54, 1.807) is 12.1 Å². The summed E-state index contributed by atoms with van der Waals surface area (Å²) in [7, 11) is 1.44. The van der Waals surface area contributed by atoms with Crippen molar-refractivity contribution in [2.45, 2.75) is 6.42 Å². The van der Waals surface area contributed by atoms with Crippen LogP contribution in [0.3, 0.4) is 0 Å². The molecule has 9 heteroatoms. The van der Waals surface area contributed by atoms with Crippen molar-refractivity contribution in [2.75, 3.05) is 7.11 Å². The van der Waals surface area contributed by atoms with E-state index in [2.05, 4.69) is 10.5 Å². The van der Waals surface area contributed by atoms with Crippen LogP contribution in [-0.2, 0) is 11.2 Å². The largest absolute Gasteiger partial charge is 0.504 e. The number of carbonyl (C=O) groups is 1. The Morgan fingerprint density at radius 2 is 2.08 bits per heavy atom. The summed E-state index contributed by atoms with van der Waals surface area (Å²) in [6.07, 6.45) is 1.48. The summed E-state index contributed by atoms with van der Waals surface area (Å²) in [5.74, 6) is -0.00134. The van der Waals surface area contributed by atoms with Crippen LogP contribution in [0, 0.1) is 13.7 Å². The number of rotatable bonds is 6. The molecule has 2 aromatic carbocycles. The van der Waals surface area contributed by atoms with Crippen LogP contribution in [0.1, 0.15) is 11.1 Å². The van der Waals surface area contributed by atoms with Gasteiger partial charge in [0.05, 0.1) is 28.2 Å². The maximum Gasteiger partial charge on any atom is 0.269 e. The molecule has 0 saturated carbocycles. The van der Waals surface area contributed by atoms with Crippen LogP contribution >= 0.6 is 22.6 Å². The summed E-state index contributed by atoms with van der Waals surface area (Å²) in [5.41, 5.74) is 3.64. The second-order valence-electron chi connectivity index (χ2n) is 4.95. The van der Waals surface area contributed by atoms with Crippen LogP contribution in [0.2, 0.25) is 0 Å². The van der Waals surface area contributed by atoms with Gasteiger partial charge in [0.25, 0.3) is 5.69 Å². The second-order valence-corrected chi connectivity index (χ2v) is 6.11. The molecule has 0 bridgehead atoms. The summed E-state index contributed by atoms with van der Waals surface area (Å²) >= 11 is 1.96. The second kappa shape index (κ2) is 8.42. The maximum absolute atomic E-state index is 11.8. The number of halogens is 1. The standard InChI is InChI=1S/C16H14IN3O5/c1-25-14-7-11(6-13(17)16(14)22)9-18-19-15(21)8-10-2-4-12(5-3-10)20(23)24/h2-7,9,22H,8H2,1H3,(H,19,21)/b18-9-. The van der Waals surface area contributed by atoms with Crippen LogP contribution < -0.4 is 10.2 Å². The number of phenolic OH excluding ortho intramolecular Hbond substituents is 1. The molecule has 0 aliphatic rings. The number of hydrazone groups is 1. The fourth-order valence-electron chi connectivity index (χ4n) is 1.96. The molecule has 0 aromatic heterocycles. The Hall–Kier alpha value is -2.69. The number of hydrogen-bond acceptors (Lipinski definition) is 6. The SMILES string of the molecule is COc1cc(/C=N\NC(=O)Cc2ccc([N+](=O)[O-])cc2)cc(I)c1O. The van der Waals surface area contributed by atoms with Gasteiger partial charge in [0.2, 0.25) is 5.91 Å². The Morgan fingerprint density at radius 3 is 2.68 bits per heavy atom. The maximum atomic E-state index is 11.8. The highest BCUT2D eigenvalue weighted by Crippen LogP contribution is 2.31. The van der Waals surface area contributed by atoms with Crippen molar-refractivity contribution in [1.82, 2.24) is 5.43 Å². The summed E-state index contributed by atoms with van der Waals surface area (Å²) in [5, 5.41) is 24.2. The molecule has 8 nitrogen and oxygen atoms in total. The van der Waals surface area contributed by atoms with E-state index in [0.717, 1.165) is 0 Å². The van der Waals surface area contributed by atoms with Crippen LogP contribution in [0.4, 0.5) is 5.69 Å². The molecule has 0 radical (unpaired) electrons. The van der Waals surface area contributed by atoms with Crippen molar-refractivity contribution in [3.8, 4) is 11.5 Å². The molecule has 0 spiro atoms. The summed E-state index contributed by atoms with van der Waals surface area (Å²) in [6, 6.07) is 9.00. The minimum Gasteiger partial charge on any atom is -0.504 e. The Morgan fingerprint density at radius 1 is 1.40 bits per heavy atom. The van der Waals surface area contributed by atoms with E-state index in [4.69, 9.17) is 4.74 Å². The van der Waals surface area contributed by atoms with Gasteiger partial charge in [-0.3, -0.25) is 14.9 Å². The van der Waals surface area contributed by atoms with Crippen molar-refractivity contribution >= 4 is 40.4 Å². The summed E-state index contributed by atoms with van der Waals surface area (Å²) < 4.78 is 5.64. The quantitative estimate of drug-likeness (QED) is 0.301. The molecular weight excluding hydrogens is 441 g/mol. The van der Waals surface area contributed by atoms with Crippen molar-refractivity contribution in [2.24, 2.45) is 5.10 Å². The lowest BCUT2D eigenvalue weighted by Gasteiger charge is -2.06. The predicted molar refractivity (Wildman–Crippen MR) is 99.9 cm³/mol. The van der Waals surface area contributed by atoms with Crippen LogP contribution in [0.5, 0.6) is 11.5 Å². The zero-order valence-corrected chi connectivity index (χ0v) is 15.3. The number of methoxy groups -OCH3 is 1. The molecule has 0 fully saturated rings. The summed E-state index contributed by atoms with van der Waals surface area (Å²) in [4.78, 5) is 21.9. The Balaban J connectivity index is 1.96. The van der Waals surface area contributed by atoms with E-state index in [1.165, 1.54) is 37.6 Å². The van der Waals surface area contributed by atoms with E-state index >= 15 is 0 Å². The zero-order valence-electron chi connectivity index (χ0n) is 13.1. The van der Waals surface area contributed by atoms with E-state index in [-0.39, 0.29) is 23.8 Å². The molecule has 2 N–H and O–H groups in total. The molecule has 2 aromatic rings. The number of phenols is 1.